The lowest BCUT2D eigenvalue weighted by Crippen LogP contribution is -2.52. The average molecular weight is 464 g/mol. The highest BCUT2D eigenvalue weighted by Gasteiger charge is 2.47. The van der Waals surface area contributed by atoms with Crippen molar-refractivity contribution in [2.45, 2.75) is 37.5 Å². The number of morpholine rings is 1. The number of nitrogens with zero attached hydrogens (tertiary/aromatic N) is 2. The molecule has 11 heteroatoms. The maximum atomic E-state index is 13.2. The topological polar surface area (TPSA) is 110 Å². The van der Waals surface area contributed by atoms with Crippen LogP contribution in [-0.2, 0) is 24.3 Å². The van der Waals surface area contributed by atoms with Crippen molar-refractivity contribution in [2.75, 3.05) is 32.8 Å². The molecule has 0 saturated carbocycles. The first kappa shape index (κ1) is 22.5. The zero-order valence-corrected chi connectivity index (χ0v) is 18.8. The van der Waals surface area contributed by atoms with Crippen LogP contribution in [0.5, 0.6) is 0 Å². The van der Waals surface area contributed by atoms with E-state index in [1.54, 1.807) is 30.9 Å². The van der Waals surface area contributed by atoms with Crippen LogP contribution >= 0.6 is 22.9 Å². The largest absolute Gasteiger partial charge is 0.378 e. The Morgan fingerprint density at radius 3 is 2.48 bits per heavy atom. The predicted octanol–water partition coefficient (Wildman–Crippen LogP) is 1.26. The predicted molar refractivity (Wildman–Crippen MR) is 111 cm³/mol. The standard InChI is InChI=1S/C18H26ClN3O5S2/c1-11(14-3-4-15(19)28-14)16(29(20,25)26)13-5-6-22(18(13)24)12(2)17(23)21-7-9-27-10-8-21/h3-4,11-13,16H,5-10H2,1-2H3,(H2,20,25,26)/t11-,12+,13-,16?/m1/s1. The number of carbonyl (C=O) groups is 2. The van der Waals surface area contributed by atoms with Gasteiger partial charge in [-0.05, 0) is 25.5 Å². The molecule has 162 valence electrons. The van der Waals surface area contributed by atoms with Crippen LogP contribution in [0.4, 0.5) is 0 Å². The summed E-state index contributed by atoms with van der Waals surface area (Å²) in [6.07, 6.45) is 0.337. The second-order valence-corrected chi connectivity index (χ2v) is 11.0. The molecular formula is C18H26ClN3O5S2. The molecule has 0 aromatic carbocycles. The molecular weight excluding hydrogens is 438 g/mol. The highest BCUT2D eigenvalue weighted by molar-refractivity contribution is 7.89. The SMILES string of the molecule is C[C@H](c1ccc(Cl)s1)C([C@H]1CCN([C@@H](C)C(=O)N2CCOCC2)C1=O)S(N)(=O)=O. The van der Waals surface area contributed by atoms with Crippen LogP contribution in [-0.4, -0.2) is 74.2 Å². The fourth-order valence-corrected chi connectivity index (χ4v) is 6.86. The summed E-state index contributed by atoms with van der Waals surface area (Å²) in [5.41, 5.74) is 0. The number of thiophene rings is 1. The second kappa shape index (κ2) is 8.89. The van der Waals surface area contributed by atoms with E-state index in [2.05, 4.69) is 0 Å². The Kier molecular flexibility index (Phi) is 6.89. The molecule has 1 unspecified atom stereocenters. The normalized spacial score (nSPS) is 23.9. The van der Waals surface area contributed by atoms with Gasteiger partial charge >= 0.3 is 0 Å². The van der Waals surface area contributed by atoms with E-state index >= 15 is 0 Å². The molecule has 29 heavy (non-hydrogen) atoms. The van der Waals surface area contributed by atoms with Crippen molar-refractivity contribution in [3.05, 3.63) is 21.3 Å². The van der Waals surface area contributed by atoms with Crippen LogP contribution in [0.2, 0.25) is 4.34 Å². The number of likely N-dealkylation sites (tertiary alicyclic amines) is 1. The molecule has 0 spiro atoms. The number of amides is 2. The van der Waals surface area contributed by atoms with Crippen molar-refractivity contribution in [3.8, 4) is 0 Å². The maximum Gasteiger partial charge on any atom is 0.245 e. The van der Waals surface area contributed by atoms with Gasteiger partial charge < -0.3 is 14.5 Å². The van der Waals surface area contributed by atoms with Crippen LogP contribution < -0.4 is 5.14 Å². The molecule has 2 N–H and O–H groups in total. The Balaban J connectivity index is 1.79. The number of rotatable bonds is 6. The molecule has 1 aromatic heterocycles. The lowest BCUT2D eigenvalue weighted by Gasteiger charge is -2.33. The van der Waals surface area contributed by atoms with Crippen LogP contribution in [0.15, 0.2) is 12.1 Å². The molecule has 1 aromatic rings. The van der Waals surface area contributed by atoms with E-state index in [0.717, 1.165) is 4.88 Å². The highest BCUT2D eigenvalue weighted by Crippen LogP contribution is 2.38. The summed E-state index contributed by atoms with van der Waals surface area (Å²) in [7, 11) is -4.01. The van der Waals surface area contributed by atoms with Crippen LogP contribution in [0, 0.1) is 5.92 Å². The molecule has 3 rings (SSSR count). The Morgan fingerprint density at radius 1 is 1.28 bits per heavy atom. The number of primary sulfonamides is 1. The first-order valence-corrected chi connectivity index (χ1v) is 12.4. The van der Waals surface area contributed by atoms with Gasteiger partial charge in [-0.1, -0.05) is 18.5 Å². The lowest BCUT2D eigenvalue weighted by molar-refractivity contribution is -0.146. The third-order valence-corrected chi connectivity index (χ3v) is 8.67. The number of hydrogen-bond donors (Lipinski definition) is 1. The third kappa shape index (κ3) is 4.77. The number of hydrogen-bond acceptors (Lipinski definition) is 6. The van der Waals surface area contributed by atoms with Gasteiger partial charge in [0.25, 0.3) is 0 Å². The summed E-state index contributed by atoms with van der Waals surface area (Å²) < 4.78 is 30.7. The molecule has 2 saturated heterocycles. The van der Waals surface area contributed by atoms with E-state index in [1.165, 1.54) is 16.2 Å². The van der Waals surface area contributed by atoms with Gasteiger partial charge in [0.2, 0.25) is 21.8 Å². The van der Waals surface area contributed by atoms with Crippen LogP contribution in [0.25, 0.3) is 0 Å². The molecule has 2 aliphatic rings. The van der Waals surface area contributed by atoms with Gasteiger partial charge in [0, 0.05) is 30.4 Å². The van der Waals surface area contributed by atoms with E-state index in [4.69, 9.17) is 21.5 Å². The molecule has 0 radical (unpaired) electrons. The van der Waals surface area contributed by atoms with Crippen molar-refractivity contribution in [1.29, 1.82) is 0 Å². The van der Waals surface area contributed by atoms with Gasteiger partial charge in [-0.2, -0.15) is 0 Å². The highest BCUT2D eigenvalue weighted by atomic mass is 35.5. The fraction of sp³-hybridized carbons (Fsp3) is 0.667. The Hall–Kier alpha value is -1.20. The third-order valence-electron chi connectivity index (χ3n) is 5.74. The minimum atomic E-state index is -4.01. The van der Waals surface area contributed by atoms with Crippen molar-refractivity contribution in [3.63, 3.8) is 0 Å². The van der Waals surface area contributed by atoms with E-state index in [0.29, 0.717) is 43.6 Å². The average Bonchev–Trinajstić information content (AvgIpc) is 3.27. The molecule has 2 amide bonds. The fourth-order valence-electron chi connectivity index (χ4n) is 4.19. The molecule has 2 fully saturated rings. The van der Waals surface area contributed by atoms with Gasteiger partial charge in [0.15, 0.2) is 0 Å². The molecule has 8 nitrogen and oxygen atoms in total. The number of halogens is 1. The van der Waals surface area contributed by atoms with Gasteiger partial charge in [0.1, 0.15) is 6.04 Å². The van der Waals surface area contributed by atoms with Crippen molar-refractivity contribution < 1.29 is 22.7 Å². The summed E-state index contributed by atoms with van der Waals surface area (Å²) in [6, 6.07) is 2.81. The Labute approximate surface area is 180 Å². The molecule has 2 aliphatic heterocycles. The lowest BCUT2D eigenvalue weighted by atomic mass is 9.92. The first-order chi connectivity index (χ1) is 13.6. The van der Waals surface area contributed by atoms with Crippen molar-refractivity contribution in [2.24, 2.45) is 11.1 Å². The van der Waals surface area contributed by atoms with E-state index in [9.17, 15) is 18.0 Å². The van der Waals surface area contributed by atoms with E-state index in [-0.39, 0.29) is 11.8 Å². The van der Waals surface area contributed by atoms with Gasteiger partial charge in [-0.25, -0.2) is 13.6 Å². The van der Waals surface area contributed by atoms with Crippen LogP contribution in [0.3, 0.4) is 0 Å². The number of ether oxygens (including phenoxy) is 1. The summed E-state index contributed by atoms with van der Waals surface area (Å²) in [5.74, 6) is -1.76. The molecule has 0 bridgehead atoms. The number of sulfonamides is 1. The van der Waals surface area contributed by atoms with Gasteiger partial charge in [0.05, 0.1) is 28.7 Å². The summed E-state index contributed by atoms with van der Waals surface area (Å²) >= 11 is 7.28. The van der Waals surface area contributed by atoms with Crippen molar-refractivity contribution >= 4 is 44.8 Å². The molecule has 3 heterocycles. The van der Waals surface area contributed by atoms with Gasteiger partial charge in [-0.15, -0.1) is 11.3 Å². The zero-order chi connectivity index (χ0) is 21.3. The maximum absolute atomic E-state index is 13.2. The summed E-state index contributed by atoms with van der Waals surface area (Å²) in [5, 5.41) is 4.48. The van der Waals surface area contributed by atoms with E-state index in [1.807, 2.05) is 0 Å². The minimum Gasteiger partial charge on any atom is -0.378 e. The smallest absolute Gasteiger partial charge is 0.245 e. The van der Waals surface area contributed by atoms with E-state index < -0.39 is 33.2 Å². The number of carbonyl (C=O) groups excluding carboxylic acids is 2. The Morgan fingerprint density at radius 2 is 1.93 bits per heavy atom. The summed E-state index contributed by atoms with van der Waals surface area (Å²) in [6.45, 7) is 5.69. The summed E-state index contributed by atoms with van der Waals surface area (Å²) in [4.78, 5) is 29.9. The zero-order valence-electron chi connectivity index (χ0n) is 16.4. The number of nitrogens with two attached hydrogens (primary N) is 1. The van der Waals surface area contributed by atoms with Crippen molar-refractivity contribution in [1.82, 2.24) is 9.80 Å². The molecule has 4 atom stereocenters. The minimum absolute atomic E-state index is 0.146. The quantitative estimate of drug-likeness (QED) is 0.682. The first-order valence-electron chi connectivity index (χ1n) is 9.55. The molecule has 0 aliphatic carbocycles. The van der Waals surface area contributed by atoms with Crippen LogP contribution in [0.1, 0.15) is 31.1 Å². The van der Waals surface area contributed by atoms with Gasteiger partial charge in [-0.3, -0.25) is 9.59 Å². The monoisotopic (exact) mass is 463 g/mol. The Bertz CT molecular complexity index is 869. The second-order valence-electron chi connectivity index (χ2n) is 7.52.